The summed E-state index contributed by atoms with van der Waals surface area (Å²) in [5.74, 6) is 1.75. The Hall–Kier alpha value is -1.26. The molecule has 0 saturated heterocycles. The molecule has 1 aromatic carbocycles. The molecular formula is C13H19NO3. The number of fused-ring (bicyclic) bond motifs is 1. The minimum atomic E-state index is 0.633. The van der Waals surface area contributed by atoms with Gasteiger partial charge in [0.05, 0.1) is 6.61 Å². The molecular weight excluding hydrogens is 218 g/mol. The molecule has 4 nitrogen and oxygen atoms in total. The Kier molecular flexibility index (Phi) is 4.23. The lowest BCUT2D eigenvalue weighted by atomic mass is 10.1. The van der Waals surface area contributed by atoms with Crippen LogP contribution in [0.5, 0.6) is 11.5 Å². The molecule has 0 radical (unpaired) electrons. The molecule has 2 rings (SSSR count). The summed E-state index contributed by atoms with van der Waals surface area (Å²) in [7, 11) is 1.71. The number of benzene rings is 1. The van der Waals surface area contributed by atoms with E-state index in [1.54, 1.807) is 7.11 Å². The molecule has 0 aliphatic carbocycles. The summed E-state index contributed by atoms with van der Waals surface area (Å²) >= 11 is 0. The SMILES string of the molecule is COCCNCc1ccc2c(c1C)OCCO2. The van der Waals surface area contributed by atoms with Crippen molar-refractivity contribution in [3.63, 3.8) is 0 Å². The Morgan fingerprint density at radius 3 is 2.94 bits per heavy atom. The highest BCUT2D eigenvalue weighted by Gasteiger charge is 2.15. The van der Waals surface area contributed by atoms with Crippen LogP contribution in [0.25, 0.3) is 0 Å². The molecule has 1 aromatic rings. The van der Waals surface area contributed by atoms with Gasteiger partial charge < -0.3 is 19.5 Å². The lowest BCUT2D eigenvalue weighted by Crippen LogP contribution is -2.20. The molecule has 0 aromatic heterocycles. The summed E-state index contributed by atoms with van der Waals surface area (Å²) in [5, 5.41) is 3.33. The van der Waals surface area contributed by atoms with Gasteiger partial charge in [-0.1, -0.05) is 6.07 Å². The van der Waals surface area contributed by atoms with E-state index in [0.29, 0.717) is 13.2 Å². The fraction of sp³-hybridized carbons (Fsp3) is 0.538. The number of methoxy groups -OCH3 is 1. The zero-order valence-corrected chi connectivity index (χ0v) is 10.4. The molecule has 1 aliphatic rings. The maximum absolute atomic E-state index is 5.64. The van der Waals surface area contributed by atoms with Gasteiger partial charge in [0, 0.05) is 20.2 Å². The lowest BCUT2D eigenvalue weighted by molar-refractivity contribution is 0.170. The molecule has 0 saturated carbocycles. The quantitative estimate of drug-likeness (QED) is 0.788. The third-order valence-corrected chi connectivity index (χ3v) is 2.87. The summed E-state index contributed by atoms with van der Waals surface area (Å²) < 4.78 is 16.2. The highest BCUT2D eigenvalue weighted by Crippen LogP contribution is 2.35. The van der Waals surface area contributed by atoms with E-state index in [0.717, 1.165) is 36.8 Å². The van der Waals surface area contributed by atoms with Gasteiger partial charge in [0.25, 0.3) is 0 Å². The molecule has 94 valence electrons. The molecule has 17 heavy (non-hydrogen) atoms. The smallest absolute Gasteiger partial charge is 0.164 e. The highest BCUT2D eigenvalue weighted by atomic mass is 16.6. The standard InChI is InChI=1S/C13H19NO3/c1-10-11(9-14-5-6-15-2)3-4-12-13(10)17-8-7-16-12/h3-4,14H,5-9H2,1-2H3. The van der Waals surface area contributed by atoms with Crippen molar-refractivity contribution < 1.29 is 14.2 Å². The Bertz CT molecular complexity index is 379. The maximum Gasteiger partial charge on any atom is 0.164 e. The average Bonchev–Trinajstić information content (AvgIpc) is 2.37. The van der Waals surface area contributed by atoms with Crippen molar-refractivity contribution in [2.75, 3.05) is 33.5 Å². The predicted molar refractivity (Wildman–Crippen MR) is 65.8 cm³/mol. The van der Waals surface area contributed by atoms with Crippen molar-refractivity contribution in [3.8, 4) is 11.5 Å². The van der Waals surface area contributed by atoms with Gasteiger partial charge in [0.1, 0.15) is 13.2 Å². The molecule has 1 heterocycles. The van der Waals surface area contributed by atoms with Crippen LogP contribution in [0.2, 0.25) is 0 Å². The molecule has 0 fully saturated rings. The number of hydrogen-bond donors (Lipinski definition) is 1. The highest BCUT2D eigenvalue weighted by molar-refractivity contribution is 5.50. The Morgan fingerprint density at radius 1 is 1.29 bits per heavy atom. The Balaban J connectivity index is 2.03. The number of nitrogens with one attached hydrogen (secondary N) is 1. The summed E-state index contributed by atoms with van der Waals surface area (Å²) in [5.41, 5.74) is 2.40. The van der Waals surface area contributed by atoms with Crippen molar-refractivity contribution in [1.82, 2.24) is 5.32 Å². The molecule has 0 bridgehead atoms. The van der Waals surface area contributed by atoms with E-state index in [1.165, 1.54) is 5.56 Å². The molecule has 0 spiro atoms. The molecule has 1 N–H and O–H groups in total. The Morgan fingerprint density at radius 2 is 2.12 bits per heavy atom. The van der Waals surface area contributed by atoms with Gasteiger partial charge >= 0.3 is 0 Å². The fourth-order valence-electron chi connectivity index (χ4n) is 1.88. The predicted octanol–water partition coefficient (Wildman–Crippen LogP) is 1.50. The zero-order valence-electron chi connectivity index (χ0n) is 10.4. The zero-order chi connectivity index (χ0) is 12.1. The second kappa shape index (κ2) is 5.89. The van der Waals surface area contributed by atoms with Crippen LogP contribution in [-0.4, -0.2) is 33.5 Å². The second-order valence-corrected chi connectivity index (χ2v) is 4.04. The van der Waals surface area contributed by atoms with Crippen LogP contribution in [0.4, 0.5) is 0 Å². The van der Waals surface area contributed by atoms with E-state index in [2.05, 4.69) is 18.3 Å². The van der Waals surface area contributed by atoms with Crippen LogP contribution in [0.3, 0.4) is 0 Å². The lowest BCUT2D eigenvalue weighted by Gasteiger charge is -2.21. The van der Waals surface area contributed by atoms with Gasteiger partial charge in [-0.05, 0) is 24.1 Å². The van der Waals surface area contributed by atoms with E-state index >= 15 is 0 Å². The number of rotatable bonds is 5. The van der Waals surface area contributed by atoms with Crippen molar-refractivity contribution in [2.45, 2.75) is 13.5 Å². The molecule has 1 aliphatic heterocycles. The normalized spacial score (nSPS) is 13.8. The van der Waals surface area contributed by atoms with E-state index in [1.807, 2.05) is 6.07 Å². The number of ether oxygens (including phenoxy) is 3. The summed E-state index contributed by atoms with van der Waals surface area (Å²) in [6.45, 7) is 5.74. The van der Waals surface area contributed by atoms with Crippen LogP contribution < -0.4 is 14.8 Å². The monoisotopic (exact) mass is 237 g/mol. The van der Waals surface area contributed by atoms with Gasteiger partial charge in [-0.2, -0.15) is 0 Å². The van der Waals surface area contributed by atoms with Crippen molar-refractivity contribution >= 4 is 0 Å². The van der Waals surface area contributed by atoms with Gasteiger partial charge in [0.15, 0.2) is 11.5 Å². The van der Waals surface area contributed by atoms with E-state index in [-0.39, 0.29) is 0 Å². The summed E-state index contributed by atoms with van der Waals surface area (Å²) in [6, 6.07) is 4.07. The average molecular weight is 237 g/mol. The minimum absolute atomic E-state index is 0.633. The molecule has 0 amide bonds. The van der Waals surface area contributed by atoms with Gasteiger partial charge in [0.2, 0.25) is 0 Å². The van der Waals surface area contributed by atoms with Gasteiger partial charge in [-0.3, -0.25) is 0 Å². The Labute approximate surface area is 102 Å². The van der Waals surface area contributed by atoms with Crippen molar-refractivity contribution in [3.05, 3.63) is 23.3 Å². The number of hydrogen-bond acceptors (Lipinski definition) is 4. The van der Waals surface area contributed by atoms with Crippen molar-refractivity contribution in [1.29, 1.82) is 0 Å². The van der Waals surface area contributed by atoms with Crippen LogP contribution in [0.15, 0.2) is 12.1 Å². The van der Waals surface area contributed by atoms with E-state index < -0.39 is 0 Å². The fourth-order valence-corrected chi connectivity index (χ4v) is 1.88. The van der Waals surface area contributed by atoms with Gasteiger partial charge in [-0.25, -0.2) is 0 Å². The van der Waals surface area contributed by atoms with Crippen LogP contribution in [0.1, 0.15) is 11.1 Å². The largest absolute Gasteiger partial charge is 0.486 e. The summed E-state index contributed by atoms with van der Waals surface area (Å²) in [4.78, 5) is 0. The maximum atomic E-state index is 5.64. The van der Waals surface area contributed by atoms with E-state index in [9.17, 15) is 0 Å². The first-order valence-corrected chi connectivity index (χ1v) is 5.90. The second-order valence-electron chi connectivity index (χ2n) is 4.04. The molecule has 4 heteroatoms. The van der Waals surface area contributed by atoms with Crippen LogP contribution in [-0.2, 0) is 11.3 Å². The molecule has 0 unspecified atom stereocenters. The van der Waals surface area contributed by atoms with Crippen LogP contribution >= 0.6 is 0 Å². The summed E-state index contributed by atoms with van der Waals surface area (Å²) in [6.07, 6.45) is 0. The first-order chi connectivity index (χ1) is 8.33. The third-order valence-electron chi connectivity index (χ3n) is 2.87. The van der Waals surface area contributed by atoms with Crippen LogP contribution in [0, 0.1) is 6.92 Å². The minimum Gasteiger partial charge on any atom is -0.486 e. The first-order valence-electron chi connectivity index (χ1n) is 5.90. The first kappa shape index (κ1) is 12.2. The third kappa shape index (κ3) is 2.90. The topological polar surface area (TPSA) is 39.7 Å². The van der Waals surface area contributed by atoms with Gasteiger partial charge in [-0.15, -0.1) is 0 Å². The molecule has 0 atom stereocenters. The van der Waals surface area contributed by atoms with Crippen molar-refractivity contribution in [2.24, 2.45) is 0 Å². The van der Waals surface area contributed by atoms with E-state index in [4.69, 9.17) is 14.2 Å².